The van der Waals surface area contributed by atoms with E-state index in [2.05, 4.69) is 12.2 Å². The van der Waals surface area contributed by atoms with Gasteiger partial charge >= 0.3 is 0 Å². The van der Waals surface area contributed by atoms with Gasteiger partial charge in [0.2, 0.25) is 5.43 Å². The number of aromatic nitrogens is 1. The number of rotatable bonds is 6. The minimum atomic E-state index is -0.412. The fourth-order valence-corrected chi connectivity index (χ4v) is 3.30. The predicted octanol–water partition coefficient (Wildman–Crippen LogP) is 5.27. The van der Waals surface area contributed by atoms with Gasteiger partial charge in [0.05, 0.1) is 5.52 Å². The van der Waals surface area contributed by atoms with Crippen LogP contribution >= 0.6 is 11.6 Å². The second kappa shape index (κ2) is 8.40. The van der Waals surface area contributed by atoms with Crippen molar-refractivity contribution in [3.63, 3.8) is 0 Å². The molecule has 3 rings (SSSR count). The number of aryl methyl sites for hydroxylation is 2. The number of pyridine rings is 1. The molecule has 5 heteroatoms. The lowest BCUT2D eigenvalue weighted by Gasteiger charge is -2.12. The van der Waals surface area contributed by atoms with Gasteiger partial charge in [-0.1, -0.05) is 37.1 Å². The molecular formula is C22H23ClN2O2. The zero-order valence-electron chi connectivity index (χ0n) is 15.6. The Labute approximate surface area is 163 Å². The summed E-state index contributed by atoms with van der Waals surface area (Å²) in [6, 6.07) is 12.9. The highest BCUT2D eigenvalue weighted by Gasteiger charge is 2.15. The number of amides is 1. The normalized spacial score (nSPS) is 10.9. The van der Waals surface area contributed by atoms with Gasteiger partial charge in [-0.25, -0.2) is 0 Å². The van der Waals surface area contributed by atoms with Gasteiger partial charge in [-0.2, -0.15) is 0 Å². The molecule has 3 aromatic rings. The Morgan fingerprint density at radius 2 is 1.85 bits per heavy atom. The van der Waals surface area contributed by atoms with E-state index in [1.165, 1.54) is 5.56 Å². The van der Waals surface area contributed by atoms with E-state index in [9.17, 15) is 9.59 Å². The highest BCUT2D eigenvalue weighted by Crippen LogP contribution is 2.18. The first-order valence-corrected chi connectivity index (χ1v) is 9.64. The maximum absolute atomic E-state index is 12.8. The SMILES string of the molecule is CCCCc1ccc(NC(=O)c2cn(CC)c3ccc(Cl)cc3c2=O)cc1. The summed E-state index contributed by atoms with van der Waals surface area (Å²) in [5, 5.41) is 3.75. The molecule has 0 saturated carbocycles. The first kappa shape index (κ1) is 19.2. The number of nitrogens with zero attached hydrogens (tertiary/aromatic N) is 1. The Bertz CT molecular complexity index is 1020. The highest BCUT2D eigenvalue weighted by molar-refractivity contribution is 6.31. The quantitative estimate of drug-likeness (QED) is 0.631. The Hall–Kier alpha value is -2.59. The maximum atomic E-state index is 12.8. The molecule has 4 nitrogen and oxygen atoms in total. The molecule has 0 saturated heterocycles. The summed E-state index contributed by atoms with van der Waals surface area (Å²) in [5.74, 6) is -0.412. The van der Waals surface area contributed by atoms with E-state index in [1.807, 2.05) is 35.8 Å². The summed E-state index contributed by atoms with van der Waals surface area (Å²) < 4.78 is 1.88. The van der Waals surface area contributed by atoms with Gasteiger partial charge in [-0.05, 0) is 55.7 Å². The molecular weight excluding hydrogens is 360 g/mol. The van der Waals surface area contributed by atoms with E-state index in [0.29, 0.717) is 22.6 Å². The molecule has 27 heavy (non-hydrogen) atoms. The number of carbonyl (C=O) groups excluding carboxylic acids is 1. The second-order valence-electron chi connectivity index (χ2n) is 6.57. The van der Waals surface area contributed by atoms with Crippen molar-refractivity contribution in [2.24, 2.45) is 0 Å². The molecule has 2 aromatic carbocycles. The molecule has 1 amide bonds. The standard InChI is InChI=1S/C22H23ClN2O2/c1-3-5-6-15-7-10-17(11-8-15)24-22(27)19-14-25(4-2)20-12-9-16(23)13-18(20)21(19)26/h7-14H,3-6H2,1-2H3,(H,24,27). The van der Waals surface area contributed by atoms with Crippen molar-refractivity contribution in [3.05, 3.63) is 75.0 Å². The average Bonchev–Trinajstić information content (AvgIpc) is 2.68. The van der Waals surface area contributed by atoms with E-state index in [1.54, 1.807) is 24.4 Å². The monoisotopic (exact) mass is 382 g/mol. The van der Waals surface area contributed by atoms with Crippen LogP contribution in [0.4, 0.5) is 5.69 Å². The Kier molecular flexibility index (Phi) is 5.97. The third kappa shape index (κ3) is 4.22. The van der Waals surface area contributed by atoms with Gasteiger partial charge in [0.1, 0.15) is 5.56 Å². The summed E-state index contributed by atoms with van der Waals surface area (Å²) in [4.78, 5) is 25.6. The summed E-state index contributed by atoms with van der Waals surface area (Å²) >= 11 is 6.05. The molecule has 0 atom stereocenters. The van der Waals surface area contributed by atoms with Gasteiger partial charge in [-0.15, -0.1) is 0 Å². The van der Waals surface area contributed by atoms with Gasteiger partial charge in [0.15, 0.2) is 0 Å². The fourth-order valence-electron chi connectivity index (χ4n) is 3.13. The van der Waals surface area contributed by atoms with E-state index in [-0.39, 0.29) is 11.0 Å². The zero-order valence-corrected chi connectivity index (χ0v) is 16.3. The van der Waals surface area contributed by atoms with Crippen molar-refractivity contribution in [2.45, 2.75) is 39.7 Å². The Morgan fingerprint density at radius 3 is 2.52 bits per heavy atom. The number of fused-ring (bicyclic) bond motifs is 1. The third-order valence-electron chi connectivity index (χ3n) is 4.66. The first-order chi connectivity index (χ1) is 13.0. The van der Waals surface area contributed by atoms with Crippen LogP contribution in [0.1, 0.15) is 42.6 Å². The van der Waals surface area contributed by atoms with Crippen LogP contribution in [-0.2, 0) is 13.0 Å². The molecule has 0 bridgehead atoms. The largest absolute Gasteiger partial charge is 0.347 e. The lowest BCUT2D eigenvalue weighted by atomic mass is 10.1. The minimum absolute atomic E-state index is 0.113. The number of halogens is 1. The molecule has 0 unspecified atom stereocenters. The summed E-state index contributed by atoms with van der Waals surface area (Å²) in [7, 11) is 0. The topological polar surface area (TPSA) is 51.1 Å². The number of hydrogen-bond acceptors (Lipinski definition) is 2. The van der Waals surface area contributed by atoms with Crippen molar-refractivity contribution >= 4 is 34.1 Å². The van der Waals surface area contributed by atoms with Gasteiger partial charge < -0.3 is 9.88 Å². The average molecular weight is 383 g/mol. The van der Waals surface area contributed by atoms with Crippen molar-refractivity contribution in [3.8, 4) is 0 Å². The van der Waals surface area contributed by atoms with Crippen LogP contribution in [0.2, 0.25) is 5.02 Å². The van der Waals surface area contributed by atoms with E-state index in [4.69, 9.17) is 11.6 Å². The number of hydrogen-bond donors (Lipinski definition) is 1. The van der Waals surface area contributed by atoms with Crippen molar-refractivity contribution in [1.82, 2.24) is 4.57 Å². The summed E-state index contributed by atoms with van der Waals surface area (Å²) in [6.07, 6.45) is 4.93. The molecule has 0 aliphatic heterocycles. The Balaban J connectivity index is 1.91. The van der Waals surface area contributed by atoms with Gasteiger partial charge in [-0.3, -0.25) is 9.59 Å². The summed E-state index contributed by atoms with van der Waals surface area (Å²) in [5.41, 5.74) is 2.48. The number of unbranched alkanes of at least 4 members (excludes halogenated alkanes) is 1. The highest BCUT2D eigenvalue weighted by atomic mass is 35.5. The van der Waals surface area contributed by atoms with Crippen LogP contribution in [0.15, 0.2) is 53.5 Å². The number of anilines is 1. The lowest BCUT2D eigenvalue weighted by Crippen LogP contribution is -2.23. The maximum Gasteiger partial charge on any atom is 0.261 e. The van der Waals surface area contributed by atoms with Crippen molar-refractivity contribution < 1.29 is 4.79 Å². The third-order valence-corrected chi connectivity index (χ3v) is 4.89. The zero-order chi connectivity index (χ0) is 19.4. The molecule has 0 aliphatic carbocycles. The summed E-state index contributed by atoms with van der Waals surface area (Å²) in [6.45, 7) is 4.77. The predicted molar refractivity (Wildman–Crippen MR) is 112 cm³/mol. The van der Waals surface area contributed by atoms with E-state index < -0.39 is 5.91 Å². The molecule has 1 N–H and O–H groups in total. The van der Waals surface area contributed by atoms with Crippen LogP contribution in [-0.4, -0.2) is 10.5 Å². The van der Waals surface area contributed by atoms with Gasteiger partial charge in [0, 0.05) is 28.8 Å². The minimum Gasteiger partial charge on any atom is -0.347 e. The smallest absolute Gasteiger partial charge is 0.261 e. The molecule has 140 valence electrons. The van der Waals surface area contributed by atoms with Crippen LogP contribution < -0.4 is 10.7 Å². The van der Waals surface area contributed by atoms with Gasteiger partial charge in [0.25, 0.3) is 5.91 Å². The molecule has 1 aromatic heterocycles. The first-order valence-electron chi connectivity index (χ1n) is 9.26. The number of carbonyl (C=O) groups is 1. The fraction of sp³-hybridized carbons (Fsp3) is 0.273. The molecule has 0 radical (unpaired) electrons. The van der Waals surface area contributed by atoms with Crippen LogP contribution in [0.25, 0.3) is 10.9 Å². The molecule has 0 fully saturated rings. The van der Waals surface area contributed by atoms with Crippen LogP contribution in [0, 0.1) is 0 Å². The lowest BCUT2D eigenvalue weighted by molar-refractivity contribution is 0.102. The van der Waals surface area contributed by atoms with Crippen LogP contribution in [0.5, 0.6) is 0 Å². The van der Waals surface area contributed by atoms with Crippen molar-refractivity contribution in [1.29, 1.82) is 0 Å². The second-order valence-corrected chi connectivity index (χ2v) is 7.01. The number of benzene rings is 2. The van der Waals surface area contributed by atoms with E-state index in [0.717, 1.165) is 24.8 Å². The molecule has 1 heterocycles. The number of nitrogens with one attached hydrogen (secondary N) is 1. The molecule has 0 spiro atoms. The van der Waals surface area contributed by atoms with E-state index >= 15 is 0 Å². The Morgan fingerprint density at radius 1 is 1.11 bits per heavy atom. The molecule has 0 aliphatic rings. The van der Waals surface area contributed by atoms with Crippen molar-refractivity contribution in [2.75, 3.05) is 5.32 Å². The van der Waals surface area contributed by atoms with Crippen LogP contribution in [0.3, 0.4) is 0 Å².